The summed E-state index contributed by atoms with van der Waals surface area (Å²) in [5, 5.41) is 3.01. The lowest BCUT2D eigenvalue weighted by Gasteiger charge is -2.24. The Morgan fingerprint density at radius 1 is 1.12 bits per heavy atom. The smallest absolute Gasteiger partial charge is 0.225 e. The van der Waals surface area contributed by atoms with Gasteiger partial charge in [-0.05, 0) is 17.6 Å². The minimum absolute atomic E-state index is 0.0160. The lowest BCUT2D eigenvalue weighted by atomic mass is 9.89. The van der Waals surface area contributed by atoms with Crippen LogP contribution in [0.3, 0.4) is 0 Å². The van der Waals surface area contributed by atoms with Crippen molar-refractivity contribution < 1.29 is 14.3 Å². The average molecular weight is 366 g/mol. The number of aromatic nitrogens is 1. The first-order valence-electron chi connectivity index (χ1n) is 8.28. The molecule has 1 unspecified atom stereocenters. The molecule has 0 saturated heterocycles. The molecule has 1 aliphatic rings. The monoisotopic (exact) mass is 366 g/mol. The number of nitrogens with zero attached hydrogens (tertiary/aromatic N) is 1. The summed E-state index contributed by atoms with van der Waals surface area (Å²) >= 11 is 1.43. The fourth-order valence-electron chi connectivity index (χ4n) is 3.28. The zero-order chi connectivity index (χ0) is 18.1. The largest absolute Gasteiger partial charge is 0.497 e. The van der Waals surface area contributed by atoms with Crippen LogP contribution in [0.15, 0.2) is 48.5 Å². The lowest BCUT2D eigenvalue weighted by Crippen LogP contribution is -2.22. The number of amides is 1. The second kappa shape index (κ2) is 6.80. The molecule has 5 nitrogen and oxygen atoms in total. The molecule has 26 heavy (non-hydrogen) atoms. The second-order valence-corrected chi connectivity index (χ2v) is 6.85. The Morgan fingerprint density at radius 2 is 1.92 bits per heavy atom. The van der Waals surface area contributed by atoms with Gasteiger partial charge in [-0.1, -0.05) is 36.4 Å². The number of hydrogen-bond donors (Lipinski definition) is 1. The predicted octanol–water partition coefficient (Wildman–Crippen LogP) is 4.30. The van der Waals surface area contributed by atoms with Crippen LogP contribution in [0.1, 0.15) is 22.8 Å². The van der Waals surface area contributed by atoms with Gasteiger partial charge in [-0.25, -0.2) is 0 Å². The Kier molecular flexibility index (Phi) is 4.34. The number of anilines is 1. The van der Waals surface area contributed by atoms with Gasteiger partial charge in [0.1, 0.15) is 17.2 Å². The molecule has 6 heteroatoms. The molecule has 4 rings (SSSR count). The molecule has 1 atom stereocenters. The molecule has 0 spiro atoms. The Hall–Kier alpha value is -2.86. The van der Waals surface area contributed by atoms with Gasteiger partial charge in [-0.15, -0.1) is 0 Å². The number of carbonyl (C=O) groups is 1. The van der Waals surface area contributed by atoms with Gasteiger partial charge in [-0.3, -0.25) is 4.79 Å². The predicted molar refractivity (Wildman–Crippen MR) is 102 cm³/mol. The maximum atomic E-state index is 12.4. The Bertz CT molecular complexity index is 953. The maximum absolute atomic E-state index is 12.4. The Morgan fingerprint density at radius 3 is 2.65 bits per heavy atom. The molecule has 132 valence electrons. The first-order chi connectivity index (χ1) is 12.7. The fraction of sp³-hybridized carbons (Fsp3) is 0.200. The van der Waals surface area contributed by atoms with Crippen LogP contribution in [0, 0.1) is 0 Å². The van der Waals surface area contributed by atoms with Gasteiger partial charge < -0.3 is 14.8 Å². The first kappa shape index (κ1) is 16.6. The van der Waals surface area contributed by atoms with E-state index in [0.717, 1.165) is 33.1 Å². The molecule has 0 fully saturated rings. The number of hydrogen-bond acceptors (Lipinski definition) is 5. The zero-order valence-corrected chi connectivity index (χ0v) is 15.3. The second-order valence-electron chi connectivity index (χ2n) is 6.05. The molecule has 3 aromatic rings. The van der Waals surface area contributed by atoms with Crippen LogP contribution in [0.2, 0.25) is 0 Å². The number of benzene rings is 2. The Balaban J connectivity index is 1.82. The summed E-state index contributed by atoms with van der Waals surface area (Å²) in [4.78, 5) is 13.5. The van der Waals surface area contributed by atoms with Crippen LogP contribution < -0.4 is 14.8 Å². The van der Waals surface area contributed by atoms with Crippen LogP contribution in [0.5, 0.6) is 11.5 Å². The molecule has 1 aliphatic heterocycles. The van der Waals surface area contributed by atoms with Crippen LogP contribution in [-0.4, -0.2) is 24.5 Å². The van der Waals surface area contributed by atoms with E-state index < -0.39 is 0 Å². The number of carbonyl (C=O) groups excluding carboxylic acids is 1. The van der Waals surface area contributed by atoms with Gasteiger partial charge in [0.2, 0.25) is 5.91 Å². The van der Waals surface area contributed by atoms with E-state index in [0.29, 0.717) is 12.2 Å². The SMILES string of the molecule is COc1ccc(C2CC(=O)Nc3c(-c4ccccc4)nsc32)c(OC)c1. The van der Waals surface area contributed by atoms with Crippen LogP contribution in [0.25, 0.3) is 11.3 Å². The highest BCUT2D eigenvalue weighted by Gasteiger charge is 2.33. The summed E-state index contributed by atoms with van der Waals surface area (Å²) in [6.07, 6.45) is 0.367. The molecule has 0 radical (unpaired) electrons. The van der Waals surface area contributed by atoms with Crippen molar-refractivity contribution in [3.05, 3.63) is 59.0 Å². The van der Waals surface area contributed by atoms with Crippen LogP contribution in [0.4, 0.5) is 5.69 Å². The number of ether oxygens (including phenoxy) is 2. The quantitative estimate of drug-likeness (QED) is 0.748. The third kappa shape index (κ3) is 2.82. The molecule has 2 aromatic carbocycles. The molecule has 1 amide bonds. The minimum Gasteiger partial charge on any atom is -0.497 e. The lowest BCUT2D eigenvalue weighted by molar-refractivity contribution is -0.116. The number of methoxy groups -OCH3 is 2. The molecular weight excluding hydrogens is 348 g/mol. The van der Waals surface area contributed by atoms with Crippen molar-refractivity contribution in [3.63, 3.8) is 0 Å². The topological polar surface area (TPSA) is 60.5 Å². The third-order valence-electron chi connectivity index (χ3n) is 4.55. The van der Waals surface area contributed by atoms with Gasteiger partial charge in [0.15, 0.2) is 0 Å². The van der Waals surface area contributed by atoms with E-state index in [1.54, 1.807) is 14.2 Å². The van der Waals surface area contributed by atoms with E-state index in [1.807, 2.05) is 48.5 Å². The summed E-state index contributed by atoms with van der Waals surface area (Å²) < 4.78 is 15.5. The number of rotatable bonds is 4. The third-order valence-corrected chi connectivity index (χ3v) is 5.51. The van der Waals surface area contributed by atoms with Gasteiger partial charge in [-0.2, -0.15) is 4.37 Å². The highest BCUT2D eigenvalue weighted by Crippen LogP contribution is 2.47. The maximum Gasteiger partial charge on any atom is 0.225 e. The first-order valence-corrected chi connectivity index (χ1v) is 9.05. The van der Waals surface area contributed by atoms with Crippen molar-refractivity contribution in [1.29, 1.82) is 0 Å². The highest BCUT2D eigenvalue weighted by atomic mass is 32.1. The fourth-order valence-corrected chi connectivity index (χ4v) is 4.24. The van der Waals surface area contributed by atoms with E-state index in [-0.39, 0.29) is 11.8 Å². The van der Waals surface area contributed by atoms with E-state index in [4.69, 9.17) is 9.47 Å². The van der Waals surface area contributed by atoms with Crippen molar-refractivity contribution in [2.24, 2.45) is 0 Å². The summed E-state index contributed by atoms with van der Waals surface area (Å²) in [5.41, 5.74) is 3.58. The number of nitrogens with one attached hydrogen (secondary N) is 1. The van der Waals surface area contributed by atoms with Crippen molar-refractivity contribution >= 4 is 23.1 Å². The van der Waals surface area contributed by atoms with Gasteiger partial charge in [0.05, 0.1) is 24.8 Å². The van der Waals surface area contributed by atoms with Crippen molar-refractivity contribution in [2.45, 2.75) is 12.3 Å². The number of fused-ring (bicyclic) bond motifs is 1. The van der Waals surface area contributed by atoms with E-state index in [1.165, 1.54) is 11.5 Å². The highest BCUT2D eigenvalue weighted by molar-refractivity contribution is 7.07. The molecule has 1 aromatic heterocycles. The summed E-state index contributed by atoms with van der Waals surface area (Å²) in [6.45, 7) is 0. The van der Waals surface area contributed by atoms with E-state index in [2.05, 4.69) is 9.69 Å². The van der Waals surface area contributed by atoms with Crippen LogP contribution >= 0.6 is 11.5 Å². The normalized spacial score (nSPS) is 15.9. The zero-order valence-electron chi connectivity index (χ0n) is 14.5. The molecule has 0 bridgehead atoms. The summed E-state index contributed by atoms with van der Waals surface area (Å²) in [7, 11) is 3.25. The average Bonchev–Trinajstić information content (AvgIpc) is 3.11. The summed E-state index contributed by atoms with van der Waals surface area (Å²) in [6, 6.07) is 15.6. The van der Waals surface area contributed by atoms with Crippen molar-refractivity contribution in [2.75, 3.05) is 19.5 Å². The minimum atomic E-state index is -0.0884. The molecular formula is C20H18N2O3S. The van der Waals surface area contributed by atoms with E-state index >= 15 is 0 Å². The van der Waals surface area contributed by atoms with Crippen LogP contribution in [-0.2, 0) is 4.79 Å². The molecule has 1 N–H and O–H groups in total. The van der Waals surface area contributed by atoms with Gasteiger partial charge in [0, 0.05) is 29.5 Å². The van der Waals surface area contributed by atoms with Crippen molar-refractivity contribution in [1.82, 2.24) is 4.37 Å². The molecule has 0 aliphatic carbocycles. The molecule has 0 saturated carbocycles. The van der Waals surface area contributed by atoms with Gasteiger partial charge in [0.25, 0.3) is 0 Å². The van der Waals surface area contributed by atoms with E-state index in [9.17, 15) is 4.79 Å². The van der Waals surface area contributed by atoms with Gasteiger partial charge >= 0.3 is 0 Å². The Labute approximate surface area is 155 Å². The standard InChI is InChI=1S/C20H18N2O3S/c1-24-13-8-9-14(16(10-13)25-2)15-11-17(23)21-19-18(22-26-20(15)19)12-6-4-3-5-7-12/h3-10,15H,11H2,1-2H3,(H,21,23). The molecule has 2 heterocycles. The summed E-state index contributed by atoms with van der Waals surface area (Å²) in [5.74, 6) is 1.33. The van der Waals surface area contributed by atoms with Crippen molar-refractivity contribution in [3.8, 4) is 22.8 Å².